The summed E-state index contributed by atoms with van der Waals surface area (Å²) in [5, 5.41) is 13.4. The lowest BCUT2D eigenvalue weighted by Gasteiger charge is -2.36. The SMILES string of the molecule is C=C(O)C1=CN(CC)c2nc(N3CCN(C(=S)NC(=O)c4ccccc4Cl)CC3)ncc2C1=C. The minimum atomic E-state index is -0.325. The molecular weight excluding hydrogens is 472 g/mol. The number of allylic oxidation sites excluding steroid dienone is 1. The first-order chi connectivity index (χ1) is 16.3. The Morgan fingerprint density at radius 1 is 1.26 bits per heavy atom. The summed E-state index contributed by atoms with van der Waals surface area (Å²) in [5.41, 5.74) is 2.37. The van der Waals surface area contributed by atoms with Gasteiger partial charge in [0.1, 0.15) is 11.6 Å². The Morgan fingerprint density at radius 3 is 2.62 bits per heavy atom. The van der Waals surface area contributed by atoms with E-state index in [9.17, 15) is 9.90 Å². The van der Waals surface area contributed by atoms with Gasteiger partial charge in [-0.25, -0.2) is 4.98 Å². The van der Waals surface area contributed by atoms with E-state index in [-0.39, 0.29) is 11.7 Å². The average Bonchev–Trinajstić information content (AvgIpc) is 2.84. The predicted octanol–water partition coefficient (Wildman–Crippen LogP) is 3.78. The van der Waals surface area contributed by atoms with E-state index in [4.69, 9.17) is 28.8 Å². The highest BCUT2D eigenvalue weighted by Gasteiger charge is 2.27. The van der Waals surface area contributed by atoms with Crippen LogP contribution in [0.5, 0.6) is 0 Å². The number of thiocarbonyl (C=S) groups is 1. The minimum Gasteiger partial charge on any atom is -0.508 e. The van der Waals surface area contributed by atoms with Crippen molar-refractivity contribution in [2.45, 2.75) is 6.92 Å². The van der Waals surface area contributed by atoms with Crippen LogP contribution in [0.2, 0.25) is 5.02 Å². The number of aromatic nitrogens is 2. The van der Waals surface area contributed by atoms with Crippen molar-refractivity contribution in [3.8, 4) is 0 Å². The molecule has 2 aromatic rings. The van der Waals surface area contributed by atoms with Gasteiger partial charge < -0.3 is 19.8 Å². The number of hydrogen-bond donors (Lipinski definition) is 2. The summed E-state index contributed by atoms with van der Waals surface area (Å²) >= 11 is 11.6. The maximum Gasteiger partial charge on any atom is 0.258 e. The number of rotatable bonds is 4. The molecule has 3 heterocycles. The Morgan fingerprint density at radius 2 is 1.97 bits per heavy atom. The third-order valence-corrected chi connectivity index (χ3v) is 6.49. The maximum atomic E-state index is 12.5. The van der Waals surface area contributed by atoms with E-state index in [0.717, 1.165) is 11.4 Å². The molecule has 4 rings (SSSR count). The van der Waals surface area contributed by atoms with Crippen molar-refractivity contribution in [2.24, 2.45) is 0 Å². The van der Waals surface area contributed by atoms with Gasteiger partial charge >= 0.3 is 0 Å². The number of fused-ring (bicyclic) bond motifs is 1. The number of carbonyl (C=O) groups is 1. The number of piperazine rings is 1. The second-order valence-corrected chi connectivity index (χ2v) is 8.67. The van der Waals surface area contributed by atoms with E-state index in [1.807, 2.05) is 22.9 Å². The first kappa shape index (κ1) is 23.7. The number of amides is 1. The van der Waals surface area contributed by atoms with Crippen molar-refractivity contribution in [1.29, 1.82) is 0 Å². The molecule has 2 N–H and O–H groups in total. The van der Waals surface area contributed by atoms with E-state index < -0.39 is 0 Å². The smallest absolute Gasteiger partial charge is 0.258 e. The summed E-state index contributed by atoms with van der Waals surface area (Å²) in [6.07, 6.45) is 3.54. The number of aliphatic hydroxyl groups excluding tert-OH is 1. The van der Waals surface area contributed by atoms with Gasteiger partial charge in [-0.1, -0.05) is 36.9 Å². The van der Waals surface area contributed by atoms with Crippen LogP contribution in [0, 0.1) is 0 Å². The highest BCUT2D eigenvalue weighted by molar-refractivity contribution is 7.80. The molecule has 0 saturated carbocycles. The van der Waals surface area contributed by atoms with Crippen LogP contribution in [-0.4, -0.2) is 63.7 Å². The molecule has 0 spiro atoms. The highest BCUT2D eigenvalue weighted by atomic mass is 35.5. The van der Waals surface area contributed by atoms with Gasteiger partial charge in [0, 0.05) is 56.3 Å². The molecule has 34 heavy (non-hydrogen) atoms. The van der Waals surface area contributed by atoms with Crippen molar-refractivity contribution in [1.82, 2.24) is 20.2 Å². The molecule has 10 heteroatoms. The standard InChI is InChI=1S/C24H25ClN6O2S/c1-4-29-14-19(16(3)32)15(2)18-13-26-23(27-21(18)29)30-9-11-31(12-10-30)24(34)28-22(33)17-7-5-6-8-20(17)25/h5-8,13-14,32H,2-4,9-12H2,1H3,(H,28,33,34). The summed E-state index contributed by atoms with van der Waals surface area (Å²) in [4.78, 5) is 27.8. The van der Waals surface area contributed by atoms with Gasteiger partial charge in [-0.05, 0) is 36.8 Å². The number of halogens is 1. The monoisotopic (exact) mass is 496 g/mol. The van der Waals surface area contributed by atoms with Crippen molar-refractivity contribution in [2.75, 3.05) is 42.5 Å². The number of aliphatic hydroxyl groups is 1. The lowest BCUT2D eigenvalue weighted by molar-refractivity contribution is 0.0973. The molecule has 0 aliphatic carbocycles. The van der Waals surface area contributed by atoms with Gasteiger partial charge in [-0.15, -0.1) is 0 Å². The van der Waals surface area contributed by atoms with Crippen LogP contribution in [0.25, 0.3) is 5.57 Å². The maximum absolute atomic E-state index is 12.5. The summed E-state index contributed by atoms with van der Waals surface area (Å²) in [6.45, 7) is 12.9. The molecule has 1 aromatic carbocycles. The molecule has 1 aromatic heterocycles. The molecule has 2 aliphatic rings. The number of nitrogens with zero attached hydrogens (tertiary/aromatic N) is 5. The van der Waals surface area contributed by atoms with Crippen molar-refractivity contribution in [3.63, 3.8) is 0 Å². The second kappa shape index (κ2) is 9.82. The van der Waals surface area contributed by atoms with E-state index >= 15 is 0 Å². The molecule has 1 saturated heterocycles. The molecular formula is C24H25ClN6O2S. The minimum absolute atomic E-state index is 0.0353. The quantitative estimate of drug-likeness (QED) is 0.488. The number of benzene rings is 1. The van der Waals surface area contributed by atoms with Crippen LogP contribution >= 0.6 is 23.8 Å². The van der Waals surface area contributed by atoms with E-state index in [1.54, 1.807) is 30.5 Å². The summed E-state index contributed by atoms with van der Waals surface area (Å²) < 4.78 is 0. The van der Waals surface area contributed by atoms with Gasteiger partial charge in [0.25, 0.3) is 5.91 Å². The van der Waals surface area contributed by atoms with Crippen LogP contribution < -0.4 is 15.1 Å². The largest absolute Gasteiger partial charge is 0.508 e. The van der Waals surface area contributed by atoms with Crippen molar-refractivity contribution >= 4 is 52.2 Å². The van der Waals surface area contributed by atoms with Crippen molar-refractivity contribution < 1.29 is 9.90 Å². The number of hydrogen-bond acceptors (Lipinski definition) is 7. The second-order valence-electron chi connectivity index (χ2n) is 7.87. The third kappa shape index (κ3) is 4.62. The lowest BCUT2D eigenvalue weighted by Crippen LogP contribution is -2.53. The van der Waals surface area contributed by atoms with E-state index in [2.05, 4.69) is 28.4 Å². The van der Waals surface area contributed by atoms with E-state index in [1.165, 1.54) is 0 Å². The summed E-state index contributed by atoms with van der Waals surface area (Å²) in [7, 11) is 0. The highest BCUT2D eigenvalue weighted by Crippen LogP contribution is 2.37. The average molecular weight is 497 g/mol. The number of anilines is 2. The molecule has 0 radical (unpaired) electrons. The van der Waals surface area contributed by atoms with Gasteiger partial charge in [-0.2, -0.15) is 4.98 Å². The Balaban J connectivity index is 1.42. The normalized spacial score (nSPS) is 15.5. The van der Waals surface area contributed by atoms with E-state index in [0.29, 0.717) is 65.5 Å². The zero-order valence-corrected chi connectivity index (χ0v) is 20.4. The topological polar surface area (TPSA) is 84.8 Å². The van der Waals surface area contributed by atoms with Crippen LogP contribution in [0.3, 0.4) is 0 Å². The fraction of sp³-hybridized carbons (Fsp3) is 0.250. The zero-order valence-electron chi connectivity index (χ0n) is 18.8. The van der Waals surface area contributed by atoms with Gasteiger partial charge in [0.15, 0.2) is 5.11 Å². The molecule has 176 valence electrons. The molecule has 0 bridgehead atoms. The molecule has 0 atom stereocenters. The number of carbonyl (C=O) groups excluding carboxylic acids is 1. The Bertz CT molecular complexity index is 1210. The molecule has 0 unspecified atom stereocenters. The summed E-state index contributed by atoms with van der Waals surface area (Å²) in [5.74, 6) is 0.989. The Hall–Kier alpha value is -3.43. The van der Waals surface area contributed by atoms with Crippen LogP contribution in [0.15, 0.2) is 61.2 Å². The lowest BCUT2D eigenvalue weighted by atomic mass is 9.97. The van der Waals surface area contributed by atoms with Gasteiger partial charge in [0.05, 0.1) is 10.6 Å². The molecule has 8 nitrogen and oxygen atoms in total. The van der Waals surface area contributed by atoms with Crippen molar-refractivity contribution in [3.05, 3.63) is 77.3 Å². The Kier molecular flexibility index (Phi) is 6.85. The number of nitrogens with one attached hydrogen (secondary N) is 1. The molecule has 2 aliphatic heterocycles. The Labute approximate surface area is 208 Å². The molecule has 1 amide bonds. The van der Waals surface area contributed by atoms with Crippen LogP contribution in [-0.2, 0) is 0 Å². The van der Waals surface area contributed by atoms with Crippen LogP contribution in [0.4, 0.5) is 11.8 Å². The van der Waals surface area contributed by atoms with Crippen LogP contribution in [0.1, 0.15) is 22.8 Å². The fourth-order valence-electron chi connectivity index (χ4n) is 3.88. The van der Waals surface area contributed by atoms with Gasteiger partial charge in [0.2, 0.25) is 5.95 Å². The molecule has 1 fully saturated rings. The van der Waals surface area contributed by atoms with Gasteiger partial charge in [-0.3, -0.25) is 10.1 Å². The first-order valence-corrected chi connectivity index (χ1v) is 11.6. The zero-order chi connectivity index (χ0) is 24.4. The third-order valence-electron chi connectivity index (χ3n) is 5.80. The summed E-state index contributed by atoms with van der Waals surface area (Å²) in [6, 6.07) is 6.86. The first-order valence-electron chi connectivity index (χ1n) is 10.8. The predicted molar refractivity (Wildman–Crippen MR) is 139 cm³/mol. The fourth-order valence-corrected chi connectivity index (χ4v) is 4.37.